The number of carbonyl (C=O) groups excluding carboxylic acids is 1. The normalized spacial score (nSPS) is 65.5. The van der Waals surface area contributed by atoms with Gasteiger partial charge < -0.3 is 0 Å². The molecule has 10 atom stereocenters. The number of ketones is 1. The molecule has 0 aliphatic heterocycles. The van der Waals surface area contributed by atoms with E-state index in [0.29, 0.717) is 0 Å². The van der Waals surface area contributed by atoms with Gasteiger partial charge in [0.25, 0.3) is 0 Å². The Morgan fingerprint density at radius 1 is 0.727 bits per heavy atom. The van der Waals surface area contributed by atoms with Crippen LogP contribution in [-0.2, 0) is 4.79 Å². The Morgan fingerprint density at radius 2 is 1.14 bits per heavy atom. The molecule has 10 unspecified atom stereocenters. The number of fused-ring (bicyclic) bond motifs is 6. The van der Waals surface area contributed by atoms with Gasteiger partial charge in [0.2, 0.25) is 0 Å². The highest BCUT2D eigenvalue weighted by atomic mass is 16.1. The van der Waals surface area contributed by atoms with Crippen molar-refractivity contribution < 1.29 is 4.79 Å². The molecule has 0 amide bonds. The van der Waals surface area contributed by atoms with Crippen LogP contribution in [0.1, 0.15) is 66.2 Å². The predicted molar refractivity (Wildman–Crippen MR) is 88.2 cm³/mol. The lowest BCUT2D eigenvalue weighted by Crippen LogP contribution is -2.46. The van der Waals surface area contributed by atoms with Gasteiger partial charge in [-0.15, -0.1) is 0 Å². The van der Waals surface area contributed by atoms with E-state index in [9.17, 15) is 4.79 Å². The summed E-state index contributed by atoms with van der Waals surface area (Å²) in [6, 6.07) is 0. The molecule has 0 aromatic heterocycles. The SMILES string of the molecule is CC1C2CC(C1C)C1(CCC3(CC4CC3C(C)C4C)C1=O)C2. The molecular formula is C21H32O. The average Bonchev–Trinajstić information content (AvgIpc) is 3.25. The maximum Gasteiger partial charge on any atom is 0.145 e. The summed E-state index contributed by atoms with van der Waals surface area (Å²) in [5, 5.41) is 0. The minimum atomic E-state index is 0.129. The Balaban J connectivity index is 1.51. The summed E-state index contributed by atoms with van der Waals surface area (Å²) in [4.78, 5) is 13.8. The van der Waals surface area contributed by atoms with E-state index in [0.717, 1.165) is 53.1 Å². The predicted octanol–water partition coefficient (Wildman–Crippen LogP) is 4.95. The van der Waals surface area contributed by atoms with Gasteiger partial charge in [-0.1, -0.05) is 27.7 Å². The van der Waals surface area contributed by atoms with Crippen molar-refractivity contribution in [3.05, 3.63) is 0 Å². The van der Waals surface area contributed by atoms with Gasteiger partial charge in [-0.25, -0.2) is 0 Å². The molecule has 2 spiro atoms. The molecule has 5 rings (SSSR count). The standard InChI is InChI=1S/C21H32O/c1-11-13(3)17-7-15(11)9-20(17)5-6-21(19(20)22)10-16-8-18(21)14(4)12(16)2/h11-18H,5-10H2,1-4H3. The fourth-order valence-electron chi connectivity index (χ4n) is 8.60. The third-order valence-electron chi connectivity index (χ3n) is 10.1. The van der Waals surface area contributed by atoms with Crippen LogP contribution in [0.15, 0.2) is 0 Å². The average molecular weight is 300 g/mol. The molecule has 5 aliphatic rings. The third-order valence-corrected chi connectivity index (χ3v) is 10.1. The fraction of sp³-hybridized carbons (Fsp3) is 0.952. The zero-order chi connectivity index (χ0) is 15.4. The molecule has 1 heteroatoms. The quantitative estimate of drug-likeness (QED) is 0.619. The van der Waals surface area contributed by atoms with Crippen LogP contribution >= 0.6 is 0 Å². The number of hydrogen-bond donors (Lipinski definition) is 0. The molecule has 22 heavy (non-hydrogen) atoms. The van der Waals surface area contributed by atoms with Crippen molar-refractivity contribution >= 4 is 5.78 Å². The Hall–Kier alpha value is -0.330. The van der Waals surface area contributed by atoms with Crippen LogP contribution in [0.2, 0.25) is 0 Å². The minimum absolute atomic E-state index is 0.129. The van der Waals surface area contributed by atoms with Crippen molar-refractivity contribution in [2.75, 3.05) is 0 Å². The molecule has 122 valence electrons. The second kappa shape index (κ2) is 4.01. The Labute approximate surface area is 135 Å². The first kappa shape index (κ1) is 14.1. The topological polar surface area (TPSA) is 17.1 Å². The van der Waals surface area contributed by atoms with E-state index in [1.54, 1.807) is 0 Å². The zero-order valence-corrected chi connectivity index (χ0v) is 14.8. The van der Waals surface area contributed by atoms with Crippen molar-refractivity contribution in [1.82, 2.24) is 0 Å². The van der Waals surface area contributed by atoms with E-state index in [1.807, 2.05) is 0 Å². The van der Waals surface area contributed by atoms with Gasteiger partial charge in [-0.2, -0.15) is 0 Å². The van der Waals surface area contributed by atoms with Gasteiger partial charge in [0.05, 0.1) is 0 Å². The number of rotatable bonds is 0. The van der Waals surface area contributed by atoms with Crippen LogP contribution < -0.4 is 0 Å². The fourth-order valence-corrected chi connectivity index (χ4v) is 8.60. The number of Topliss-reactive ketones (excluding diaryl/α,β-unsaturated/α-hetero) is 1. The van der Waals surface area contributed by atoms with E-state index >= 15 is 0 Å². The third kappa shape index (κ3) is 1.30. The lowest BCUT2D eigenvalue weighted by Gasteiger charge is -2.44. The molecule has 5 aliphatic carbocycles. The molecule has 0 heterocycles. The largest absolute Gasteiger partial charge is 0.298 e. The van der Waals surface area contributed by atoms with Crippen molar-refractivity contribution in [1.29, 1.82) is 0 Å². The molecular weight excluding hydrogens is 268 g/mol. The van der Waals surface area contributed by atoms with E-state index in [4.69, 9.17) is 0 Å². The van der Waals surface area contributed by atoms with Crippen LogP contribution in [0.4, 0.5) is 0 Å². The van der Waals surface area contributed by atoms with Crippen molar-refractivity contribution in [2.24, 2.45) is 58.2 Å². The molecule has 4 bridgehead atoms. The van der Waals surface area contributed by atoms with Gasteiger partial charge in [0, 0.05) is 10.8 Å². The van der Waals surface area contributed by atoms with E-state index in [2.05, 4.69) is 27.7 Å². The van der Waals surface area contributed by atoms with Crippen LogP contribution in [0, 0.1) is 58.2 Å². The molecule has 5 saturated carbocycles. The van der Waals surface area contributed by atoms with E-state index in [1.165, 1.54) is 38.5 Å². The van der Waals surface area contributed by atoms with Gasteiger partial charge >= 0.3 is 0 Å². The maximum absolute atomic E-state index is 13.8. The zero-order valence-electron chi connectivity index (χ0n) is 14.8. The van der Waals surface area contributed by atoms with Gasteiger partial charge in [-0.3, -0.25) is 4.79 Å². The smallest absolute Gasteiger partial charge is 0.145 e. The first-order valence-corrected chi connectivity index (χ1v) is 9.95. The number of carbonyl (C=O) groups is 1. The van der Waals surface area contributed by atoms with E-state index < -0.39 is 0 Å². The summed E-state index contributed by atoms with van der Waals surface area (Å²) < 4.78 is 0. The Morgan fingerprint density at radius 3 is 1.45 bits per heavy atom. The lowest BCUT2D eigenvalue weighted by atomic mass is 9.59. The summed E-state index contributed by atoms with van der Waals surface area (Å²) in [7, 11) is 0. The van der Waals surface area contributed by atoms with Crippen LogP contribution in [0.3, 0.4) is 0 Å². The van der Waals surface area contributed by atoms with Crippen LogP contribution in [0.5, 0.6) is 0 Å². The van der Waals surface area contributed by atoms with Crippen molar-refractivity contribution in [3.8, 4) is 0 Å². The van der Waals surface area contributed by atoms with Crippen LogP contribution in [0.25, 0.3) is 0 Å². The van der Waals surface area contributed by atoms with Crippen molar-refractivity contribution in [2.45, 2.75) is 66.2 Å². The molecule has 0 aromatic rings. The first-order chi connectivity index (χ1) is 10.4. The molecule has 1 nitrogen and oxygen atoms in total. The Bertz CT molecular complexity index is 488. The van der Waals surface area contributed by atoms with Gasteiger partial charge in [0.1, 0.15) is 5.78 Å². The van der Waals surface area contributed by atoms with Gasteiger partial charge in [0.15, 0.2) is 0 Å². The van der Waals surface area contributed by atoms with Crippen LogP contribution in [-0.4, -0.2) is 5.78 Å². The molecule has 0 radical (unpaired) electrons. The first-order valence-electron chi connectivity index (χ1n) is 9.95. The molecule has 0 saturated heterocycles. The lowest BCUT2D eigenvalue weighted by molar-refractivity contribution is -0.142. The Kier molecular flexibility index (Phi) is 2.56. The summed E-state index contributed by atoms with van der Waals surface area (Å²) in [6.07, 6.45) is 7.73. The highest BCUT2D eigenvalue weighted by molar-refractivity contribution is 5.94. The molecule has 5 fully saturated rings. The highest BCUT2D eigenvalue weighted by Gasteiger charge is 2.71. The minimum Gasteiger partial charge on any atom is -0.298 e. The number of hydrogen-bond acceptors (Lipinski definition) is 1. The van der Waals surface area contributed by atoms with E-state index in [-0.39, 0.29) is 10.8 Å². The maximum atomic E-state index is 13.8. The molecule has 0 N–H and O–H groups in total. The van der Waals surface area contributed by atoms with Crippen molar-refractivity contribution in [3.63, 3.8) is 0 Å². The molecule has 0 aromatic carbocycles. The second-order valence-electron chi connectivity index (χ2n) is 10.2. The summed E-state index contributed by atoms with van der Waals surface area (Å²) in [6.45, 7) is 9.78. The van der Waals surface area contributed by atoms with Gasteiger partial charge in [-0.05, 0) is 85.9 Å². The summed E-state index contributed by atoms with van der Waals surface area (Å²) >= 11 is 0. The monoisotopic (exact) mass is 300 g/mol. The highest BCUT2D eigenvalue weighted by Crippen LogP contribution is 2.74. The summed E-state index contributed by atoms with van der Waals surface area (Å²) in [5.41, 5.74) is 0.258. The second-order valence-corrected chi connectivity index (χ2v) is 10.2. The summed E-state index contributed by atoms with van der Waals surface area (Å²) in [5.74, 6) is 7.23.